The number of aliphatic hydroxyl groups excluding tert-OH is 1. The Kier molecular flexibility index (Phi) is 5.36. The number of carbonyl (C=O) groups is 1. The Morgan fingerprint density at radius 1 is 1.53 bits per heavy atom. The second-order valence-electron chi connectivity index (χ2n) is 4.93. The fourth-order valence-corrected chi connectivity index (χ4v) is 2.16. The molecule has 0 fully saturated rings. The SMILES string of the molecule is C=C(C)[C@H]1CC/C(C=O)=C\CCC(=C)[C@@H](O)C1. The topological polar surface area (TPSA) is 37.3 Å². The minimum absolute atomic E-state index is 0.267. The fraction of sp³-hybridized carbons (Fsp3) is 0.533. The monoisotopic (exact) mass is 234 g/mol. The highest BCUT2D eigenvalue weighted by molar-refractivity contribution is 5.72. The van der Waals surface area contributed by atoms with Crippen LogP contribution in [-0.2, 0) is 4.79 Å². The van der Waals surface area contributed by atoms with Crippen LogP contribution in [0.2, 0.25) is 0 Å². The largest absolute Gasteiger partial charge is 0.389 e. The van der Waals surface area contributed by atoms with E-state index in [1.807, 2.05) is 13.0 Å². The molecule has 0 amide bonds. The van der Waals surface area contributed by atoms with E-state index in [1.165, 1.54) is 0 Å². The quantitative estimate of drug-likeness (QED) is 0.588. The number of hydrogen-bond donors (Lipinski definition) is 1. The molecule has 0 aliphatic heterocycles. The molecular formula is C15H22O2. The van der Waals surface area contributed by atoms with Gasteiger partial charge in [-0.3, -0.25) is 4.79 Å². The van der Waals surface area contributed by atoms with Crippen molar-refractivity contribution in [3.63, 3.8) is 0 Å². The standard InChI is InChI=1S/C15H22O2/c1-11(2)14-8-7-13(10-16)6-4-5-12(3)15(17)9-14/h6,10,14-15,17H,1,3-5,7-9H2,2H3/b13-6+/t14-,15-/m0/s1. The third kappa shape index (κ3) is 4.31. The van der Waals surface area contributed by atoms with Crippen molar-refractivity contribution >= 4 is 6.29 Å². The first-order chi connectivity index (χ1) is 8.04. The summed E-state index contributed by atoms with van der Waals surface area (Å²) in [6.45, 7) is 9.87. The average molecular weight is 234 g/mol. The van der Waals surface area contributed by atoms with Gasteiger partial charge >= 0.3 is 0 Å². The van der Waals surface area contributed by atoms with Crippen LogP contribution in [0.1, 0.15) is 39.0 Å². The Morgan fingerprint density at radius 3 is 2.82 bits per heavy atom. The van der Waals surface area contributed by atoms with Gasteiger partial charge in [-0.2, -0.15) is 0 Å². The number of hydrogen-bond acceptors (Lipinski definition) is 2. The summed E-state index contributed by atoms with van der Waals surface area (Å²) in [5, 5.41) is 10.0. The number of allylic oxidation sites excluding steroid dienone is 3. The normalized spacial score (nSPS) is 30.2. The van der Waals surface area contributed by atoms with Crippen LogP contribution in [0.3, 0.4) is 0 Å². The van der Waals surface area contributed by atoms with Crippen molar-refractivity contribution in [2.45, 2.75) is 45.1 Å². The van der Waals surface area contributed by atoms with Gasteiger partial charge in [0.1, 0.15) is 6.29 Å². The molecule has 1 rings (SSSR count). The smallest absolute Gasteiger partial charge is 0.145 e. The summed E-state index contributed by atoms with van der Waals surface area (Å²) in [5.41, 5.74) is 2.79. The van der Waals surface area contributed by atoms with Gasteiger partial charge in [-0.05, 0) is 56.1 Å². The lowest BCUT2D eigenvalue weighted by Gasteiger charge is -2.23. The maximum atomic E-state index is 10.9. The zero-order valence-corrected chi connectivity index (χ0v) is 10.6. The summed E-state index contributed by atoms with van der Waals surface area (Å²) in [4.78, 5) is 10.9. The molecule has 0 spiro atoms. The molecule has 0 aromatic carbocycles. The minimum atomic E-state index is -0.442. The van der Waals surface area contributed by atoms with Gasteiger partial charge < -0.3 is 5.11 Å². The summed E-state index contributed by atoms with van der Waals surface area (Å²) < 4.78 is 0. The van der Waals surface area contributed by atoms with Crippen LogP contribution in [0.5, 0.6) is 0 Å². The van der Waals surface area contributed by atoms with E-state index in [9.17, 15) is 9.90 Å². The molecule has 94 valence electrons. The minimum Gasteiger partial charge on any atom is -0.389 e. The van der Waals surface area contributed by atoms with E-state index in [4.69, 9.17) is 0 Å². The van der Waals surface area contributed by atoms with Crippen molar-refractivity contribution in [2.75, 3.05) is 0 Å². The molecule has 2 atom stereocenters. The molecule has 0 heterocycles. The Bertz CT molecular complexity index is 339. The molecule has 2 heteroatoms. The Morgan fingerprint density at radius 2 is 2.24 bits per heavy atom. The lowest BCUT2D eigenvalue weighted by atomic mass is 9.85. The molecule has 1 aliphatic rings. The molecule has 17 heavy (non-hydrogen) atoms. The van der Waals surface area contributed by atoms with Crippen LogP contribution < -0.4 is 0 Å². The van der Waals surface area contributed by atoms with Gasteiger partial charge in [0.2, 0.25) is 0 Å². The van der Waals surface area contributed by atoms with E-state index in [0.29, 0.717) is 6.42 Å². The predicted octanol–water partition coefficient (Wildman–Crippen LogP) is 3.19. The molecule has 0 aromatic heterocycles. The highest BCUT2D eigenvalue weighted by Gasteiger charge is 2.18. The molecule has 1 N–H and O–H groups in total. The Labute approximate surface area is 104 Å². The molecular weight excluding hydrogens is 212 g/mol. The van der Waals surface area contributed by atoms with Crippen molar-refractivity contribution in [3.05, 3.63) is 36.0 Å². The maximum absolute atomic E-state index is 10.9. The van der Waals surface area contributed by atoms with Crippen molar-refractivity contribution < 1.29 is 9.90 Å². The van der Waals surface area contributed by atoms with Crippen LogP contribution in [0, 0.1) is 5.92 Å². The first-order valence-corrected chi connectivity index (χ1v) is 6.20. The van der Waals surface area contributed by atoms with Gasteiger partial charge in [-0.25, -0.2) is 0 Å². The third-order valence-electron chi connectivity index (χ3n) is 3.48. The molecule has 0 bridgehead atoms. The molecule has 2 nitrogen and oxygen atoms in total. The van der Waals surface area contributed by atoms with Gasteiger partial charge in [-0.1, -0.05) is 24.8 Å². The fourth-order valence-electron chi connectivity index (χ4n) is 2.16. The second-order valence-corrected chi connectivity index (χ2v) is 4.93. The van der Waals surface area contributed by atoms with E-state index in [-0.39, 0.29) is 5.92 Å². The summed E-state index contributed by atoms with van der Waals surface area (Å²) in [5.74, 6) is 0.267. The number of carbonyl (C=O) groups excluding carboxylic acids is 1. The van der Waals surface area contributed by atoms with Crippen LogP contribution >= 0.6 is 0 Å². The van der Waals surface area contributed by atoms with E-state index >= 15 is 0 Å². The molecule has 1 aliphatic carbocycles. The van der Waals surface area contributed by atoms with Crippen LogP contribution in [0.4, 0.5) is 0 Å². The predicted molar refractivity (Wildman–Crippen MR) is 70.7 cm³/mol. The van der Waals surface area contributed by atoms with Crippen LogP contribution in [0.15, 0.2) is 36.0 Å². The number of rotatable bonds is 2. The summed E-state index contributed by atoms with van der Waals surface area (Å²) in [7, 11) is 0. The van der Waals surface area contributed by atoms with Crippen molar-refractivity contribution in [2.24, 2.45) is 5.92 Å². The molecule has 0 unspecified atom stereocenters. The summed E-state index contributed by atoms with van der Waals surface area (Å²) in [6.07, 6.45) is 6.35. The first-order valence-electron chi connectivity index (χ1n) is 6.20. The third-order valence-corrected chi connectivity index (χ3v) is 3.48. The van der Waals surface area contributed by atoms with Gasteiger partial charge in [0.05, 0.1) is 6.10 Å². The Balaban J connectivity index is 2.81. The van der Waals surface area contributed by atoms with Crippen molar-refractivity contribution in [3.8, 4) is 0 Å². The molecule has 0 saturated heterocycles. The molecule has 0 radical (unpaired) electrons. The van der Waals surface area contributed by atoms with Crippen LogP contribution in [0.25, 0.3) is 0 Å². The van der Waals surface area contributed by atoms with Gasteiger partial charge in [0.25, 0.3) is 0 Å². The van der Waals surface area contributed by atoms with Gasteiger partial charge in [-0.15, -0.1) is 0 Å². The van der Waals surface area contributed by atoms with Gasteiger partial charge in [0.15, 0.2) is 0 Å². The lowest BCUT2D eigenvalue weighted by Crippen LogP contribution is -2.17. The van der Waals surface area contributed by atoms with E-state index < -0.39 is 6.10 Å². The van der Waals surface area contributed by atoms with Crippen molar-refractivity contribution in [1.29, 1.82) is 0 Å². The molecule has 0 saturated carbocycles. The average Bonchev–Trinajstić information content (AvgIpc) is 2.30. The van der Waals surface area contributed by atoms with Crippen molar-refractivity contribution in [1.82, 2.24) is 0 Å². The highest BCUT2D eigenvalue weighted by Crippen LogP contribution is 2.27. The number of aliphatic hydroxyl groups is 1. The zero-order valence-electron chi connectivity index (χ0n) is 10.6. The summed E-state index contributed by atoms with van der Waals surface area (Å²) >= 11 is 0. The zero-order chi connectivity index (χ0) is 12.8. The lowest BCUT2D eigenvalue weighted by molar-refractivity contribution is -0.105. The van der Waals surface area contributed by atoms with E-state index in [2.05, 4.69) is 13.2 Å². The maximum Gasteiger partial charge on any atom is 0.145 e. The molecule has 0 aromatic rings. The highest BCUT2D eigenvalue weighted by atomic mass is 16.3. The van der Waals surface area contributed by atoms with E-state index in [0.717, 1.165) is 48.7 Å². The second kappa shape index (κ2) is 6.55. The van der Waals surface area contributed by atoms with E-state index in [1.54, 1.807) is 0 Å². The first kappa shape index (κ1) is 13.9. The number of aldehydes is 1. The van der Waals surface area contributed by atoms with Gasteiger partial charge in [0, 0.05) is 0 Å². The Hall–Kier alpha value is -1.15. The summed E-state index contributed by atoms with van der Waals surface area (Å²) in [6, 6.07) is 0. The van der Waals surface area contributed by atoms with Crippen LogP contribution in [-0.4, -0.2) is 17.5 Å².